The van der Waals surface area contributed by atoms with Crippen molar-refractivity contribution in [3.63, 3.8) is 0 Å². The minimum absolute atomic E-state index is 0.0201. The summed E-state index contributed by atoms with van der Waals surface area (Å²) in [5, 5.41) is 0. The molecule has 1 saturated heterocycles. The third-order valence-electron chi connectivity index (χ3n) is 2.23. The maximum atomic E-state index is 11.1. The van der Waals surface area contributed by atoms with E-state index in [1.807, 2.05) is 0 Å². The van der Waals surface area contributed by atoms with Crippen LogP contribution in [0.1, 0.15) is 0 Å². The molecule has 8 heteroatoms. The van der Waals surface area contributed by atoms with Crippen LogP contribution in [0.5, 0.6) is 0 Å². The van der Waals surface area contributed by atoms with Crippen LogP contribution in [0.25, 0.3) is 0 Å². The summed E-state index contributed by atoms with van der Waals surface area (Å²) in [5.74, 6) is 0. The molecule has 92 valence electrons. The molecule has 0 aromatic heterocycles. The number of halogens is 2. The van der Waals surface area contributed by atoms with Gasteiger partial charge in [-0.25, -0.2) is 0 Å². The fourth-order valence-corrected chi connectivity index (χ4v) is 10.8. The second-order valence-corrected chi connectivity index (χ2v) is 26.2. The third kappa shape index (κ3) is 1.57. The molecule has 1 heterocycles. The topological polar surface area (TPSA) is 57.7 Å². The first-order valence-electron chi connectivity index (χ1n) is 4.06. The van der Waals surface area contributed by atoms with Crippen molar-refractivity contribution < 1.29 is 23.2 Å². The fraction of sp³-hybridized carbons (Fsp3) is 0.500. The minimum atomic E-state index is -6.52. The van der Waals surface area contributed by atoms with Gasteiger partial charge in [-0.2, -0.15) is 0 Å². The van der Waals surface area contributed by atoms with Gasteiger partial charge in [0.2, 0.25) is 0 Å². The van der Waals surface area contributed by atoms with E-state index in [2.05, 4.69) is 0 Å². The summed E-state index contributed by atoms with van der Waals surface area (Å²) in [7, 11) is 8.58. The van der Waals surface area contributed by atoms with E-state index in [9.17, 15) is 14.4 Å². The Labute approximate surface area is 96.9 Å². The van der Waals surface area contributed by atoms with Gasteiger partial charge >= 0.3 is 97.1 Å². The van der Waals surface area contributed by atoms with E-state index in [1.165, 1.54) is 23.1 Å². The molecule has 0 N–H and O–H groups in total. The van der Waals surface area contributed by atoms with E-state index < -0.39 is 8.83 Å². The van der Waals surface area contributed by atoms with Crippen LogP contribution in [0.3, 0.4) is 0 Å². The molecule has 0 atom stereocenters. The molecular weight excluding hydrogens is 433 g/mol. The summed E-state index contributed by atoms with van der Waals surface area (Å²) in [6, 6.07) is 0. The van der Waals surface area contributed by atoms with Gasteiger partial charge in [-0.1, -0.05) is 0 Å². The van der Waals surface area contributed by atoms with Crippen LogP contribution in [0, 0.1) is 0 Å². The standard InChI is InChI=1S/C5H10N2.3CO.2ClH.Os/c1-6-3-4-7(2)5-6;3*1-2;;;/h3-4H2,1-2H3;;;;2*1H;/q;;;;;;+2/p-2. The Kier molecular flexibility index (Phi) is 2.91. The molecular formula is C8H10Cl2N2O3Os. The predicted molar refractivity (Wildman–Crippen MR) is 59.1 cm³/mol. The quantitative estimate of drug-likeness (QED) is 0.514. The summed E-state index contributed by atoms with van der Waals surface area (Å²) in [6.07, 6.45) is 0. The Morgan fingerprint density at radius 1 is 1.00 bits per heavy atom. The second kappa shape index (κ2) is 3.37. The summed E-state index contributed by atoms with van der Waals surface area (Å²) in [5.41, 5.74) is 0. The number of hydrogen-bond donors (Lipinski definition) is 0. The van der Waals surface area contributed by atoms with Crippen molar-refractivity contribution in [3.8, 4) is 0 Å². The van der Waals surface area contributed by atoms with Crippen LogP contribution in [0.4, 0.5) is 0 Å². The molecule has 0 radical (unpaired) electrons. The summed E-state index contributed by atoms with van der Waals surface area (Å²) in [4.78, 5) is 36.3. The van der Waals surface area contributed by atoms with E-state index in [0.29, 0.717) is 13.1 Å². The predicted octanol–water partition coefficient (Wildman–Crippen LogP) is -0.315. The SMILES string of the molecule is CN1CCN(C)[C]1=[Os]([Cl])([Cl])(=[C]=O)(=[C]=O)=[C]=O. The van der Waals surface area contributed by atoms with Gasteiger partial charge in [0.25, 0.3) is 0 Å². The van der Waals surface area contributed by atoms with Crippen molar-refractivity contribution in [2.24, 2.45) is 0 Å². The van der Waals surface area contributed by atoms with Crippen molar-refractivity contribution in [1.29, 1.82) is 0 Å². The van der Waals surface area contributed by atoms with Crippen LogP contribution in [0.15, 0.2) is 0 Å². The van der Waals surface area contributed by atoms with E-state index in [0.717, 1.165) is 0 Å². The molecule has 0 spiro atoms. The van der Waals surface area contributed by atoms with E-state index in [1.54, 1.807) is 14.1 Å². The van der Waals surface area contributed by atoms with Crippen molar-refractivity contribution >= 4 is 36.9 Å². The Bertz CT molecular complexity index is 729. The van der Waals surface area contributed by atoms with Crippen molar-refractivity contribution in [2.75, 3.05) is 27.2 Å². The Hall–Kier alpha value is -0.254. The van der Waals surface area contributed by atoms with Crippen LogP contribution in [0.2, 0.25) is 0 Å². The zero-order chi connectivity index (χ0) is 12.7. The molecule has 0 amide bonds. The second-order valence-electron chi connectivity index (χ2n) is 3.43. The molecule has 0 aliphatic carbocycles. The average molecular weight is 443 g/mol. The van der Waals surface area contributed by atoms with E-state index in [-0.39, 0.29) is 4.31 Å². The summed E-state index contributed by atoms with van der Waals surface area (Å²) in [6.45, 7) is 1.00. The Morgan fingerprint density at radius 2 is 1.31 bits per heavy atom. The van der Waals surface area contributed by atoms with Gasteiger partial charge in [0, 0.05) is 0 Å². The molecule has 1 aliphatic rings. The van der Waals surface area contributed by atoms with Crippen molar-refractivity contribution in [2.45, 2.75) is 0 Å². The van der Waals surface area contributed by atoms with Crippen molar-refractivity contribution in [1.82, 2.24) is 9.80 Å². The molecule has 5 nitrogen and oxygen atoms in total. The molecule has 0 unspecified atom stereocenters. The normalized spacial score (nSPS) is 22.9. The first-order valence-corrected chi connectivity index (χ1v) is 15.4. The van der Waals surface area contributed by atoms with Gasteiger partial charge in [-0.3, -0.25) is 0 Å². The van der Waals surface area contributed by atoms with Crippen LogP contribution in [-0.2, 0) is 23.2 Å². The molecule has 1 rings (SSSR count). The number of likely N-dealkylation sites (N-methyl/N-ethyl adjacent to an activating group) is 2. The van der Waals surface area contributed by atoms with Gasteiger partial charge in [0.1, 0.15) is 0 Å². The van der Waals surface area contributed by atoms with Crippen LogP contribution in [-0.4, -0.2) is 54.6 Å². The Balaban J connectivity index is 4.62. The van der Waals surface area contributed by atoms with Crippen LogP contribution < -0.4 is 0 Å². The zero-order valence-electron chi connectivity index (χ0n) is 8.64. The Morgan fingerprint density at radius 3 is 1.56 bits per heavy atom. The van der Waals surface area contributed by atoms with Gasteiger partial charge in [0.05, 0.1) is 0 Å². The van der Waals surface area contributed by atoms with E-state index >= 15 is 0 Å². The molecule has 0 bridgehead atoms. The number of rotatable bonds is 0. The first-order chi connectivity index (χ1) is 7.18. The maximum absolute atomic E-state index is 11.1. The molecule has 0 aromatic carbocycles. The summed E-state index contributed by atoms with van der Waals surface area (Å²) >= 11 is 0. The molecule has 1 fully saturated rings. The van der Waals surface area contributed by atoms with Gasteiger partial charge in [-0.05, 0) is 0 Å². The van der Waals surface area contributed by atoms with Crippen molar-refractivity contribution in [3.05, 3.63) is 0 Å². The molecule has 0 saturated carbocycles. The monoisotopic (exact) mass is 444 g/mol. The number of carbonyl (C=O) groups excluding carboxylic acids is 3. The molecule has 1 aliphatic heterocycles. The third-order valence-corrected chi connectivity index (χ3v) is 14.9. The van der Waals surface area contributed by atoms with Crippen LogP contribution >= 0.6 is 19.3 Å². The van der Waals surface area contributed by atoms with Gasteiger partial charge < -0.3 is 0 Å². The molecule has 0 aromatic rings. The number of hydrogen-bond acceptors (Lipinski definition) is 5. The average Bonchev–Trinajstić information content (AvgIpc) is 2.61. The van der Waals surface area contributed by atoms with E-state index in [4.69, 9.17) is 19.3 Å². The molecule has 16 heavy (non-hydrogen) atoms. The fourth-order valence-electron chi connectivity index (χ4n) is 1.52. The first kappa shape index (κ1) is 13.8. The summed E-state index contributed by atoms with van der Waals surface area (Å²) < 4.78 is 3.81. The van der Waals surface area contributed by atoms with Gasteiger partial charge in [0.15, 0.2) is 0 Å². The van der Waals surface area contributed by atoms with Gasteiger partial charge in [-0.15, -0.1) is 0 Å². The zero-order valence-corrected chi connectivity index (χ0v) is 12.7. The number of nitrogens with zero attached hydrogens (tertiary/aromatic N) is 2.